The minimum Gasteiger partial charge on any atom is -0.326 e. The van der Waals surface area contributed by atoms with Gasteiger partial charge >= 0.3 is 0 Å². The summed E-state index contributed by atoms with van der Waals surface area (Å²) in [5, 5.41) is 0. The number of hydrogen-bond acceptors (Lipinski definition) is 3. The van der Waals surface area contributed by atoms with Gasteiger partial charge in [-0.2, -0.15) is 0 Å². The molecule has 0 spiro atoms. The van der Waals surface area contributed by atoms with Crippen LogP contribution in [-0.4, -0.2) is 50.1 Å². The van der Waals surface area contributed by atoms with Gasteiger partial charge in [-0.1, -0.05) is 0 Å². The van der Waals surface area contributed by atoms with Gasteiger partial charge in [-0.05, 0) is 0 Å². The van der Waals surface area contributed by atoms with Crippen LogP contribution < -0.4 is 11.5 Å². The van der Waals surface area contributed by atoms with Crippen LogP contribution in [0.5, 0.6) is 0 Å². The Labute approximate surface area is 67.5 Å². The van der Waals surface area contributed by atoms with E-state index in [0.717, 1.165) is 30.7 Å². The molecule has 0 unspecified atom stereocenters. The fraction of sp³-hybridized carbons (Fsp3) is 0.857. The van der Waals surface area contributed by atoms with Crippen LogP contribution in [0.3, 0.4) is 0 Å². The quantitative estimate of drug-likeness (QED) is 0.501. The predicted molar refractivity (Wildman–Crippen MR) is 46.3 cm³/mol. The van der Waals surface area contributed by atoms with Crippen LogP contribution in [0.15, 0.2) is 4.99 Å². The van der Waals surface area contributed by atoms with Gasteiger partial charge in [0, 0.05) is 13.1 Å². The van der Waals surface area contributed by atoms with Crippen molar-refractivity contribution in [1.82, 2.24) is 0 Å². The number of aliphatic imine (C=N–C) groups is 1. The first-order chi connectivity index (χ1) is 5.33. The topological polar surface area (TPSA) is 64.4 Å². The van der Waals surface area contributed by atoms with Gasteiger partial charge in [0.15, 0.2) is 6.34 Å². The summed E-state index contributed by atoms with van der Waals surface area (Å²) >= 11 is 0. The Hall–Kier alpha value is -0.450. The number of hydrogen-bond donors (Lipinski definition) is 2. The molecule has 0 amide bonds. The molecule has 4 heteroatoms. The summed E-state index contributed by atoms with van der Waals surface area (Å²) in [6.07, 6.45) is 2.00. The standard InChI is InChI=1S/C7H17N4/c8-1-4-11(5-2-9)6-3-10-7-11/h7H,1-6,8-9H2/q+1. The number of rotatable bonds is 4. The average molecular weight is 157 g/mol. The molecule has 1 heterocycles. The zero-order valence-corrected chi connectivity index (χ0v) is 6.87. The third-order valence-electron chi connectivity index (χ3n) is 2.15. The van der Waals surface area contributed by atoms with E-state index in [0.29, 0.717) is 13.1 Å². The van der Waals surface area contributed by atoms with Gasteiger partial charge in [0.25, 0.3) is 0 Å². The largest absolute Gasteiger partial charge is 0.326 e. The van der Waals surface area contributed by atoms with Gasteiger partial charge in [0.1, 0.15) is 6.54 Å². The summed E-state index contributed by atoms with van der Waals surface area (Å²) < 4.78 is 0.896. The van der Waals surface area contributed by atoms with Gasteiger partial charge in [-0.25, -0.2) is 4.99 Å². The molecule has 0 bridgehead atoms. The zero-order chi connectivity index (χ0) is 8.16. The third kappa shape index (κ3) is 1.99. The van der Waals surface area contributed by atoms with E-state index in [2.05, 4.69) is 4.99 Å². The van der Waals surface area contributed by atoms with Crippen LogP contribution in [-0.2, 0) is 0 Å². The number of nitrogens with zero attached hydrogens (tertiary/aromatic N) is 2. The van der Waals surface area contributed by atoms with E-state index in [4.69, 9.17) is 11.5 Å². The number of quaternary nitrogens is 1. The molecule has 1 aliphatic heterocycles. The second-order valence-electron chi connectivity index (χ2n) is 2.99. The number of nitrogens with two attached hydrogens (primary N) is 2. The van der Waals surface area contributed by atoms with Crippen molar-refractivity contribution in [3.05, 3.63) is 0 Å². The maximum Gasteiger partial charge on any atom is 0.185 e. The maximum atomic E-state index is 5.51. The van der Waals surface area contributed by atoms with Crippen LogP contribution >= 0.6 is 0 Å². The molecule has 0 aliphatic carbocycles. The molecule has 0 aromatic heterocycles. The summed E-state index contributed by atoms with van der Waals surface area (Å²) in [7, 11) is 0. The highest BCUT2D eigenvalue weighted by Gasteiger charge is 2.26. The van der Waals surface area contributed by atoms with Crippen molar-refractivity contribution < 1.29 is 4.48 Å². The molecule has 1 rings (SSSR count). The molecule has 4 nitrogen and oxygen atoms in total. The fourth-order valence-electron chi connectivity index (χ4n) is 1.51. The first-order valence-electron chi connectivity index (χ1n) is 4.10. The van der Waals surface area contributed by atoms with Crippen LogP contribution in [0.4, 0.5) is 0 Å². The van der Waals surface area contributed by atoms with E-state index in [1.54, 1.807) is 0 Å². The minimum absolute atomic E-state index is 0.714. The summed E-state index contributed by atoms with van der Waals surface area (Å²) in [4.78, 5) is 4.21. The van der Waals surface area contributed by atoms with Gasteiger partial charge in [0.2, 0.25) is 0 Å². The summed E-state index contributed by atoms with van der Waals surface area (Å²) in [6, 6.07) is 0. The van der Waals surface area contributed by atoms with Crippen LogP contribution in [0.1, 0.15) is 0 Å². The van der Waals surface area contributed by atoms with E-state index in [1.807, 2.05) is 6.34 Å². The molecule has 1 aliphatic rings. The molecule has 64 valence electrons. The second-order valence-corrected chi connectivity index (χ2v) is 2.99. The molecular weight excluding hydrogens is 140 g/mol. The van der Waals surface area contributed by atoms with E-state index in [1.165, 1.54) is 0 Å². The van der Waals surface area contributed by atoms with E-state index < -0.39 is 0 Å². The fourth-order valence-corrected chi connectivity index (χ4v) is 1.51. The summed E-state index contributed by atoms with van der Waals surface area (Å²) in [5.74, 6) is 0. The van der Waals surface area contributed by atoms with Crippen molar-refractivity contribution in [3.63, 3.8) is 0 Å². The molecular formula is C7H17N4+. The molecule has 0 aromatic carbocycles. The Morgan fingerprint density at radius 2 is 1.91 bits per heavy atom. The van der Waals surface area contributed by atoms with Gasteiger partial charge < -0.3 is 11.5 Å². The van der Waals surface area contributed by atoms with Gasteiger partial charge in [0.05, 0.1) is 19.6 Å². The van der Waals surface area contributed by atoms with Gasteiger partial charge in [-0.3, -0.25) is 4.48 Å². The highest BCUT2D eigenvalue weighted by molar-refractivity contribution is 5.48. The molecule has 0 saturated carbocycles. The lowest BCUT2D eigenvalue weighted by molar-refractivity contribution is -0.825. The third-order valence-corrected chi connectivity index (χ3v) is 2.15. The normalized spacial score (nSPS) is 20.9. The van der Waals surface area contributed by atoms with E-state index in [9.17, 15) is 0 Å². The Morgan fingerprint density at radius 3 is 2.27 bits per heavy atom. The molecule has 0 atom stereocenters. The highest BCUT2D eigenvalue weighted by atomic mass is 15.4. The molecule has 0 radical (unpaired) electrons. The smallest absolute Gasteiger partial charge is 0.185 e. The van der Waals surface area contributed by atoms with Crippen molar-refractivity contribution in [1.29, 1.82) is 0 Å². The van der Waals surface area contributed by atoms with Crippen LogP contribution in [0, 0.1) is 0 Å². The van der Waals surface area contributed by atoms with E-state index in [-0.39, 0.29) is 0 Å². The summed E-state index contributed by atoms with van der Waals surface area (Å²) in [5.41, 5.74) is 11.0. The Balaban J connectivity index is 2.48. The van der Waals surface area contributed by atoms with Crippen molar-refractivity contribution in [2.45, 2.75) is 0 Å². The lowest BCUT2D eigenvalue weighted by Gasteiger charge is -2.28. The van der Waals surface area contributed by atoms with Crippen LogP contribution in [0.2, 0.25) is 0 Å². The average Bonchev–Trinajstić information content (AvgIpc) is 2.39. The molecule has 4 N–H and O–H groups in total. The van der Waals surface area contributed by atoms with Crippen molar-refractivity contribution in [3.8, 4) is 0 Å². The predicted octanol–water partition coefficient (Wildman–Crippen LogP) is -1.24. The van der Waals surface area contributed by atoms with Crippen molar-refractivity contribution >= 4 is 6.34 Å². The van der Waals surface area contributed by atoms with Crippen molar-refractivity contribution in [2.24, 2.45) is 16.5 Å². The van der Waals surface area contributed by atoms with E-state index >= 15 is 0 Å². The lowest BCUT2D eigenvalue weighted by atomic mass is 10.3. The summed E-state index contributed by atoms with van der Waals surface area (Å²) in [6.45, 7) is 5.38. The van der Waals surface area contributed by atoms with Crippen LogP contribution in [0.25, 0.3) is 0 Å². The highest BCUT2D eigenvalue weighted by Crippen LogP contribution is 2.06. The monoisotopic (exact) mass is 157 g/mol. The Bertz CT molecular complexity index is 137. The van der Waals surface area contributed by atoms with Crippen molar-refractivity contribution in [2.75, 3.05) is 39.3 Å². The molecule has 11 heavy (non-hydrogen) atoms. The maximum absolute atomic E-state index is 5.51. The second kappa shape index (κ2) is 3.80. The molecule has 0 aromatic rings. The Morgan fingerprint density at radius 1 is 1.27 bits per heavy atom. The lowest BCUT2D eigenvalue weighted by Crippen LogP contribution is -2.51. The van der Waals surface area contributed by atoms with Gasteiger partial charge in [-0.15, -0.1) is 0 Å². The Kier molecular flexibility index (Phi) is 2.99. The zero-order valence-electron chi connectivity index (χ0n) is 6.87. The first-order valence-corrected chi connectivity index (χ1v) is 4.10. The molecule has 0 saturated heterocycles. The SMILES string of the molecule is NCC[N+]1(CCN)C=NCC1. The first kappa shape index (κ1) is 8.64. The minimum atomic E-state index is 0.714. The molecule has 0 fully saturated rings.